The molecule has 0 atom stereocenters. The molecule has 0 aliphatic carbocycles. The second-order valence-corrected chi connectivity index (χ2v) is 5.37. The van der Waals surface area contributed by atoms with Crippen LogP contribution in [-0.4, -0.2) is 27.5 Å². The first kappa shape index (κ1) is 17.3. The van der Waals surface area contributed by atoms with Crippen LogP contribution in [0.15, 0.2) is 61.1 Å². The second-order valence-electron chi connectivity index (χ2n) is 5.37. The number of carbonyl (C=O) groups excluding carboxylic acids is 1. The summed E-state index contributed by atoms with van der Waals surface area (Å²) in [5.74, 6) is 1.07. The molecule has 26 heavy (non-hydrogen) atoms. The summed E-state index contributed by atoms with van der Waals surface area (Å²) < 4.78 is 5.40. The van der Waals surface area contributed by atoms with Crippen molar-refractivity contribution in [1.82, 2.24) is 20.3 Å². The molecule has 0 saturated carbocycles. The third kappa shape index (κ3) is 4.76. The van der Waals surface area contributed by atoms with E-state index >= 15 is 0 Å². The van der Waals surface area contributed by atoms with Gasteiger partial charge in [-0.05, 0) is 43.3 Å². The lowest BCUT2D eigenvalue weighted by Crippen LogP contribution is -2.24. The normalized spacial score (nSPS) is 10.2. The number of hydrogen-bond donors (Lipinski definition) is 2. The first-order valence-electron chi connectivity index (χ1n) is 8.24. The Bertz CT molecular complexity index is 836. The first-order valence-corrected chi connectivity index (χ1v) is 8.24. The van der Waals surface area contributed by atoms with Gasteiger partial charge in [0, 0.05) is 11.9 Å². The maximum Gasteiger partial charge on any atom is 0.271 e. The van der Waals surface area contributed by atoms with Crippen LogP contribution in [0.2, 0.25) is 0 Å². The van der Waals surface area contributed by atoms with Gasteiger partial charge in [0.1, 0.15) is 17.3 Å². The third-order valence-corrected chi connectivity index (χ3v) is 3.48. The smallest absolute Gasteiger partial charge is 0.271 e. The van der Waals surface area contributed by atoms with Gasteiger partial charge < -0.3 is 15.4 Å². The molecule has 0 spiro atoms. The number of aromatic nitrogens is 3. The van der Waals surface area contributed by atoms with Crippen LogP contribution in [0.3, 0.4) is 0 Å². The zero-order chi connectivity index (χ0) is 18.2. The molecule has 0 unspecified atom stereocenters. The second kappa shape index (κ2) is 8.57. The number of nitrogens with one attached hydrogen (secondary N) is 2. The summed E-state index contributed by atoms with van der Waals surface area (Å²) in [7, 11) is 0. The van der Waals surface area contributed by atoms with Gasteiger partial charge in [0.05, 0.1) is 31.2 Å². The van der Waals surface area contributed by atoms with E-state index in [-0.39, 0.29) is 11.6 Å². The number of ether oxygens (including phenoxy) is 1. The molecule has 0 aliphatic heterocycles. The van der Waals surface area contributed by atoms with Crippen molar-refractivity contribution >= 4 is 17.4 Å². The predicted molar refractivity (Wildman–Crippen MR) is 98.3 cm³/mol. The number of pyridine rings is 1. The van der Waals surface area contributed by atoms with Crippen LogP contribution in [0.1, 0.15) is 23.1 Å². The molecule has 132 valence electrons. The first-order chi connectivity index (χ1) is 12.7. The Morgan fingerprint density at radius 3 is 2.54 bits per heavy atom. The Labute approximate surface area is 151 Å². The molecule has 0 radical (unpaired) electrons. The van der Waals surface area contributed by atoms with Crippen LogP contribution in [-0.2, 0) is 6.54 Å². The largest absolute Gasteiger partial charge is 0.494 e. The molecule has 0 saturated heterocycles. The van der Waals surface area contributed by atoms with E-state index < -0.39 is 0 Å². The molecular weight excluding hydrogens is 330 g/mol. The molecule has 7 heteroatoms. The fourth-order valence-electron chi connectivity index (χ4n) is 2.22. The fraction of sp³-hybridized carbons (Fsp3) is 0.158. The van der Waals surface area contributed by atoms with Crippen LogP contribution in [0.25, 0.3) is 0 Å². The number of benzene rings is 1. The molecule has 3 aromatic rings. The predicted octanol–water partition coefficient (Wildman–Crippen LogP) is 2.94. The molecule has 3 rings (SSSR count). The number of carbonyl (C=O) groups is 1. The van der Waals surface area contributed by atoms with Crippen LogP contribution in [0, 0.1) is 0 Å². The van der Waals surface area contributed by atoms with E-state index in [1.165, 1.54) is 12.4 Å². The van der Waals surface area contributed by atoms with Gasteiger partial charge in [-0.15, -0.1) is 0 Å². The van der Waals surface area contributed by atoms with Gasteiger partial charge in [-0.2, -0.15) is 0 Å². The number of amides is 1. The van der Waals surface area contributed by atoms with E-state index in [1.807, 2.05) is 49.4 Å². The van der Waals surface area contributed by atoms with E-state index in [0.29, 0.717) is 19.0 Å². The summed E-state index contributed by atoms with van der Waals surface area (Å²) in [4.78, 5) is 24.6. The minimum Gasteiger partial charge on any atom is -0.494 e. The molecular formula is C19H19N5O2. The van der Waals surface area contributed by atoms with Crippen molar-refractivity contribution in [2.75, 3.05) is 11.9 Å². The Kier molecular flexibility index (Phi) is 5.72. The molecule has 1 aromatic carbocycles. The number of hydrogen-bond acceptors (Lipinski definition) is 6. The van der Waals surface area contributed by atoms with Crippen LogP contribution in [0.5, 0.6) is 5.75 Å². The van der Waals surface area contributed by atoms with Gasteiger partial charge in [-0.25, -0.2) is 9.97 Å². The highest BCUT2D eigenvalue weighted by Crippen LogP contribution is 2.18. The molecule has 7 nitrogen and oxygen atoms in total. The quantitative estimate of drug-likeness (QED) is 0.682. The van der Waals surface area contributed by atoms with Gasteiger partial charge in [0.2, 0.25) is 0 Å². The minimum atomic E-state index is -0.296. The highest BCUT2D eigenvalue weighted by Gasteiger charge is 2.08. The van der Waals surface area contributed by atoms with Crippen LogP contribution in [0.4, 0.5) is 11.5 Å². The lowest BCUT2D eigenvalue weighted by Gasteiger charge is -2.08. The summed E-state index contributed by atoms with van der Waals surface area (Å²) in [5, 5.41) is 5.89. The Balaban J connectivity index is 1.56. The molecule has 0 bridgehead atoms. The SMILES string of the molecule is CCOc1ccc(Nc2cnc(C(=O)NCc3ccccn3)cn2)cc1. The van der Waals surface area contributed by atoms with Gasteiger partial charge in [-0.1, -0.05) is 6.07 Å². The van der Waals surface area contributed by atoms with E-state index in [9.17, 15) is 4.79 Å². The van der Waals surface area contributed by atoms with Crippen molar-refractivity contribution in [3.05, 3.63) is 72.4 Å². The van der Waals surface area contributed by atoms with Crippen molar-refractivity contribution in [2.24, 2.45) is 0 Å². The Morgan fingerprint density at radius 2 is 1.88 bits per heavy atom. The summed E-state index contributed by atoms with van der Waals surface area (Å²) in [6, 6.07) is 13.1. The van der Waals surface area contributed by atoms with E-state index in [4.69, 9.17) is 4.74 Å². The van der Waals surface area contributed by atoms with E-state index in [2.05, 4.69) is 25.6 Å². The van der Waals surface area contributed by atoms with E-state index in [1.54, 1.807) is 6.20 Å². The number of nitrogens with zero attached hydrogens (tertiary/aromatic N) is 3. The zero-order valence-corrected chi connectivity index (χ0v) is 14.3. The van der Waals surface area contributed by atoms with Gasteiger partial charge in [-0.3, -0.25) is 9.78 Å². The molecule has 2 N–H and O–H groups in total. The Morgan fingerprint density at radius 1 is 1.04 bits per heavy atom. The average Bonchev–Trinajstić information content (AvgIpc) is 2.69. The van der Waals surface area contributed by atoms with Crippen molar-refractivity contribution in [3.63, 3.8) is 0 Å². The van der Waals surface area contributed by atoms with Crippen molar-refractivity contribution in [2.45, 2.75) is 13.5 Å². The maximum atomic E-state index is 12.1. The maximum absolute atomic E-state index is 12.1. The lowest BCUT2D eigenvalue weighted by atomic mass is 10.3. The Hall–Kier alpha value is -3.48. The number of anilines is 2. The van der Waals surface area contributed by atoms with Gasteiger partial charge in [0.15, 0.2) is 0 Å². The molecule has 0 aliphatic rings. The summed E-state index contributed by atoms with van der Waals surface area (Å²) in [5.41, 5.74) is 1.89. The lowest BCUT2D eigenvalue weighted by molar-refractivity contribution is 0.0945. The molecule has 2 aromatic heterocycles. The minimum absolute atomic E-state index is 0.248. The monoisotopic (exact) mass is 349 g/mol. The molecule has 2 heterocycles. The number of rotatable bonds is 7. The van der Waals surface area contributed by atoms with Crippen LogP contribution >= 0.6 is 0 Å². The highest BCUT2D eigenvalue weighted by molar-refractivity contribution is 5.91. The van der Waals surface area contributed by atoms with Crippen molar-refractivity contribution in [1.29, 1.82) is 0 Å². The van der Waals surface area contributed by atoms with Crippen LogP contribution < -0.4 is 15.4 Å². The standard InChI is InChI=1S/C19H19N5O2/c1-2-26-16-8-6-14(7-9-16)24-18-13-21-17(12-22-18)19(25)23-11-15-5-3-4-10-20-15/h3-10,12-13H,2,11H2,1H3,(H,22,24)(H,23,25). The zero-order valence-electron chi connectivity index (χ0n) is 14.3. The molecule has 0 fully saturated rings. The topological polar surface area (TPSA) is 89.0 Å². The summed E-state index contributed by atoms with van der Waals surface area (Å²) in [6.45, 7) is 2.91. The van der Waals surface area contributed by atoms with Gasteiger partial charge >= 0.3 is 0 Å². The average molecular weight is 349 g/mol. The summed E-state index contributed by atoms with van der Waals surface area (Å²) in [6.07, 6.45) is 4.64. The van der Waals surface area contributed by atoms with Crippen molar-refractivity contribution in [3.8, 4) is 5.75 Å². The molecule has 1 amide bonds. The summed E-state index contributed by atoms with van der Waals surface area (Å²) >= 11 is 0. The highest BCUT2D eigenvalue weighted by atomic mass is 16.5. The third-order valence-electron chi connectivity index (χ3n) is 3.48. The van der Waals surface area contributed by atoms with Gasteiger partial charge in [0.25, 0.3) is 5.91 Å². The van der Waals surface area contributed by atoms with E-state index in [0.717, 1.165) is 17.1 Å². The fourth-order valence-corrected chi connectivity index (χ4v) is 2.22. The van der Waals surface area contributed by atoms with Crippen molar-refractivity contribution < 1.29 is 9.53 Å².